The van der Waals surface area contributed by atoms with E-state index in [4.69, 9.17) is 0 Å². The summed E-state index contributed by atoms with van der Waals surface area (Å²) in [4.78, 5) is 4.21. The van der Waals surface area contributed by atoms with Crippen LogP contribution in [0.4, 0.5) is 0 Å². The summed E-state index contributed by atoms with van der Waals surface area (Å²) in [5.74, 6) is 0.326. The number of nitrogens with zero attached hydrogens (tertiary/aromatic N) is 1. The zero-order valence-electron chi connectivity index (χ0n) is 11.8. The van der Waals surface area contributed by atoms with Crippen molar-refractivity contribution < 1.29 is 8.42 Å². The molecule has 5 nitrogen and oxygen atoms in total. The summed E-state index contributed by atoms with van der Waals surface area (Å²) in [6, 6.07) is 0.358. The number of hydrogen-bond acceptors (Lipinski definition) is 5. The molecule has 7 heteroatoms. The number of piperidine rings is 1. The highest BCUT2D eigenvalue weighted by molar-refractivity contribution is 7.89. The smallest absolute Gasteiger partial charge is 0.211 e. The Labute approximate surface area is 125 Å². The van der Waals surface area contributed by atoms with Crippen LogP contribution in [0.15, 0.2) is 11.6 Å². The van der Waals surface area contributed by atoms with Gasteiger partial charge in [-0.2, -0.15) is 0 Å². The van der Waals surface area contributed by atoms with Gasteiger partial charge in [-0.1, -0.05) is 13.3 Å². The van der Waals surface area contributed by atoms with Crippen molar-refractivity contribution in [1.29, 1.82) is 0 Å². The van der Waals surface area contributed by atoms with Crippen molar-refractivity contribution >= 4 is 21.4 Å². The minimum Gasteiger partial charge on any atom is -0.314 e. The molecule has 0 saturated carbocycles. The quantitative estimate of drug-likeness (QED) is 0.803. The molecule has 0 aliphatic carbocycles. The fraction of sp³-hybridized carbons (Fsp3) is 0.769. The minimum atomic E-state index is -3.18. The summed E-state index contributed by atoms with van der Waals surface area (Å²) in [6.45, 7) is 3.43. The van der Waals surface area contributed by atoms with Crippen molar-refractivity contribution in [3.05, 3.63) is 16.6 Å². The zero-order chi connectivity index (χ0) is 14.4. The van der Waals surface area contributed by atoms with E-state index in [1.807, 2.05) is 12.3 Å². The van der Waals surface area contributed by atoms with Crippen LogP contribution in [0, 0.1) is 0 Å². The predicted molar refractivity (Wildman–Crippen MR) is 82.6 cm³/mol. The highest BCUT2D eigenvalue weighted by Gasteiger charge is 2.18. The van der Waals surface area contributed by atoms with Gasteiger partial charge >= 0.3 is 0 Å². The second-order valence-electron chi connectivity index (χ2n) is 5.37. The number of sulfonamides is 1. The Kier molecular flexibility index (Phi) is 5.95. The van der Waals surface area contributed by atoms with E-state index in [-0.39, 0.29) is 11.7 Å². The molecule has 114 valence electrons. The van der Waals surface area contributed by atoms with E-state index in [1.165, 1.54) is 12.8 Å². The molecule has 2 atom stereocenters. The largest absolute Gasteiger partial charge is 0.314 e. The maximum Gasteiger partial charge on any atom is 0.211 e. The summed E-state index contributed by atoms with van der Waals surface area (Å²) in [5.41, 5.74) is 0. The number of rotatable bonds is 7. The van der Waals surface area contributed by atoms with E-state index >= 15 is 0 Å². The molecule has 2 N–H and O–H groups in total. The molecule has 0 bridgehead atoms. The molecular formula is C13H23N3O2S2. The monoisotopic (exact) mass is 317 g/mol. The average Bonchev–Trinajstić information content (AvgIpc) is 2.98. The molecule has 1 aromatic heterocycles. The van der Waals surface area contributed by atoms with Gasteiger partial charge in [-0.3, -0.25) is 0 Å². The Morgan fingerprint density at radius 3 is 3.05 bits per heavy atom. The Bertz CT molecular complexity index is 482. The van der Waals surface area contributed by atoms with Crippen LogP contribution < -0.4 is 10.0 Å². The van der Waals surface area contributed by atoms with Gasteiger partial charge in [-0.25, -0.2) is 18.1 Å². The van der Waals surface area contributed by atoms with Crippen LogP contribution in [0.2, 0.25) is 0 Å². The molecule has 1 saturated heterocycles. The van der Waals surface area contributed by atoms with Gasteiger partial charge in [0.25, 0.3) is 0 Å². The lowest BCUT2D eigenvalue weighted by Gasteiger charge is -2.23. The maximum absolute atomic E-state index is 12.0. The molecule has 2 rings (SSSR count). The number of hydrogen-bond donors (Lipinski definition) is 2. The van der Waals surface area contributed by atoms with Gasteiger partial charge in [0, 0.05) is 30.1 Å². The van der Waals surface area contributed by atoms with Crippen molar-refractivity contribution in [1.82, 2.24) is 15.0 Å². The van der Waals surface area contributed by atoms with Crippen molar-refractivity contribution in [2.75, 3.05) is 18.8 Å². The average molecular weight is 317 g/mol. The lowest BCUT2D eigenvalue weighted by Crippen LogP contribution is -2.37. The van der Waals surface area contributed by atoms with Crippen LogP contribution in [-0.2, 0) is 10.0 Å². The molecule has 2 heterocycles. The Morgan fingerprint density at radius 1 is 1.55 bits per heavy atom. The van der Waals surface area contributed by atoms with Gasteiger partial charge in [0.05, 0.1) is 10.8 Å². The molecule has 1 aromatic rings. The van der Waals surface area contributed by atoms with Crippen LogP contribution in [0.25, 0.3) is 0 Å². The minimum absolute atomic E-state index is 0.123. The SMILES string of the molecule is CC(CNS(=O)(=O)CCC1CCCCN1)c1nccs1. The molecule has 1 aliphatic rings. The third kappa shape index (κ3) is 5.12. The Morgan fingerprint density at radius 2 is 2.40 bits per heavy atom. The summed E-state index contributed by atoms with van der Waals surface area (Å²) < 4.78 is 26.7. The van der Waals surface area contributed by atoms with E-state index in [0.717, 1.165) is 18.0 Å². The van der Waals surface area contributed by atoms with Crippen LogP contribution >= 0.6 is 11.3 Å². The number of thiazole rings is 1. The van der Waals surface area contributed by atoms with Crippen LogP contribution in [-0.4, -0.2) is 38.3 Å². The van der Waals surface area contributed by atoms with Gasteiger partial charge in [-0.15, -0.1) is 11.3 Å². The molecule has 1 fully saturated rings. The van der Waals surface area contributed by atoms with Gasteiger partial charge in [0.2, 0.25) is 10.0 Å². The number of aromatic nitrogens is 1. The van der Waals surface area contributed by atoms with Gasteiger partial charge < -0.3 is 5.32 Å². The first-order valence-corrected chi connectivity index (χ1v) is 9.70. The van der Waals surface area contributed by atoms with Gasteiger partial charge in [-0.05, 0) is 25.8 Å². The fourth-order valence-electron chi connectivity index (χ4n) is 2.36. The van der Waals surface area contributed by atoms with E-state index in [2.05, 4.69) is 15.0 Å². The highest BCUT2D eigenvalue weighted by Crippen LogP contribution is 2.17. The molecule has 20 heavy (non-hydrogen) atoms. The second-order valence-corrected chi connectivity index (χ2v) is 8.23. The highest BCUT2D eigenvalue weighted by atomic mass is 32.2. The second kappa shape index (κ2) is 7.49. The molecule has 0 spiro atoms. The third-order valence-corrected chi connectivity index (χ3v) is 6.02. The van der Waals surface area contributed by atoms with Crippen LogP contribution in [0.5, 0.6) is 0 Å². The first-order chi connectivity index (χ1) is 9.57. The zero-order valence-corrected chi connectivity index (χ0v) is 13.5. The lowest BCUT2D eigenvalue weighted by atomic mass is 10.0. The molecule has 1 aliphatic heterocycles. The summed E-state index contributed by atoms with van der Waals surface area (Å²) in [6.07, 6.45) is 5.94. The van der Waals surface area contributed by atoms with Crippen LogP contribution in [0.3, 0.4) is 0 Å². The first-order valence-electron chi connectivity index (χ1n) is 7.17. The molecule has 0 amide bonds. The van der Waals surface area contributed by atoms with Crippen LogP contribution in [0.1, 0.15) is 43.5 Å². The van der Waals surface area contributed by atoms with E-state index in [1.54, 1.807) is 17.5 Å². The Hall–Kier alpha value is -0.500. The summed E-state index contributed by atoms with van der Waals surface area (Å²) >= 11 is 1.56. The molecule has 2 unspecified atom stereocenters. The normalized spacial score (nSPS) is 21.8. The third-order valence-electron chi connectivity index (χ3n) is 3.63. The standard InChI is InChI=1S/C13H23N3O2S2/c1-11(13-15-7-8-19-13)10-16-20(17,18)9-5-12-4-2-3-6-14-12/h7-8,11-12,14,16H,2-6,9-10H2,1H3. The van der Waals surface area contributed by atoms with Gasteiger partial charge in [0.15, 0.2) is 0 Å². The van der Waals surface area contributed by atoms with Crippen molar-refractivity contribution in [2.45, 2.75) is 44.6 Å². The maximum atomic E-state index is 12.0. The topological polar surface area (TPSA) is 71.1 Å². The fourth-order valence-corrected chi connectivity index (χ4v) is 4.30. The summed E-state index contributed by atoms with van der Waals surface area (Å²) in [5, 5.41) is 6.26. The first kappa shape index (κ1) is 15.9. The Balaban J connectivity index is 1.73. The molecular weight excluding hydrogens is 294 g/mol. The molecule has 0 aromatic carbocycles. The van der Waals surface area contributed by atoms with Crippen molar-refractivity contribution in [3.8, 4) is 0 Å². The lowest BCUT2D eigenvalue weighted by molar-refractivity contribution is 0.392. The van der Waals surface area contributed by atoms with Gasteiger partial charge in [0.1, 0.15) is 0 Å². The van der Waals surface area contributed by atoms with E-state index in [0.29, 0.717) is 19.0 Å². The van der Waals surface area contributed by atoms with E-state index < -0.39 is 10.0 Å². The summed E-state index contributed by atoms with van der Waals surface area (Å²) in [7, 11) is -3.18. The number of nitrogens with one attached hydrogen (secondary N) is 2. The van der Waals surface area contributed by atoms with Crippen molar-refractivity contribution in [3.63, 3.8) is 0 Å². The van der Waals surface area contributed by atoms with Crippen molar-refractivity contribution in [2.24, 2.45) is 0 Å². The molecule has 0 radical (unpaired) electrons. The van der Waals surface area contributed by atoms with E-state index in [9.17, 15) is 8.42 Å². The predicted octanol–water partition coefficient (Wildman–Crippen LogP) is 1.70.